The van der Waals surface area contributed by atoms with E-state index in [2.05, 4.69) is 13.8 Å². The van der Waals surface area contributed by atoms with Crippen LogP contribution in [0.1, 0.15) is 33.1 Å². The van der Waals surface area contributed by atoms with Crippen LogP contribution in [0.25, 0.3) is 0 Å². The minimum absolute atomic E-state index is 0.780. The van der Waals surface area contributed by atoms with Crippen LogP contribution < -0.4 is 0 Å². The smallest absolute Gasteiger partial charge is 0.145 e. The summed E-state index contributed by atoms with van der Waals surface area (Å²) < 4.78 is 5.14. The van der Waals surface area contributed by atoms with Gasteiger partial charge in [0.1, 0.15) is 10.5 Å². The fourth-order valence-electron chi connectivity index (χ4n) is 0.920. The van der Waals surface area contributed by atoms with E-state index in [9.17, 15) is 0 Å². The van der Waals surface area contributed by atoms with Gasteiger partial charge in [0.05, 0.1) is 0 Å². The van der Waals surface area contributed by atoms with Crippen LogP contribution in [-0.2, 0) is 4.43 Å². The van der Waals surface area contributed by atoms with E-state index in [0.29, 0.717) is 0 Å². The molecule has 0 aromatic carbocycles. The Balaban J connectivity index is 2.95. The zero-order chi connectivity index (χ0) is 7.11. The molecule has 1 unspecified atom stereocenters. The molecule has 0 spiro atoms. The van der Waals surface area contributed by atoms with Crippen molar-refractivity contribution in [1.82, 2.24) is 0 Å². The molecule has 0 N–H and O–H groups in total. The van der Waals surface area contributed by atoms with Gasteiger partial charge >= 0.3 is 0 Å². The van der Waals surface area contributed by atoms with E-state index in [1.54, 1.807) is 0 Å². The van der Waals surface area contributed by atoms with Crippen molar-refractivity contribution in [3.8, 4) is 0 Å². The fraction of sp³-hybridized carbons (Fsp3) is 1.00. The summed E-state index contributed by atoms with van der Waals surface area (Å²) in [5, 5.41) is 0. The first-order valence-corrected chi connectivity index (χ1v) is 4.61. The Morgan fingerprint density at radius 3 is 2.67 bits per heavy atom. The molecule has 0 radical (unpaired) electrons. The molecule has 0 aromatic heterocycles. The molecule has 0 saturated heterocycles. The lowest BCUT2D eigenvalue weighted by Gasteiger charge is -2.07. The molecular weight excluding hydrogens is 128 g/mol. The second-order valence-electron chi connectivity index (χ2n) is 2.70. The van der Waals surface area contributed by atoms with Gasteiger partial charge in [0, 0.05) is 6.61 Å². The monoisotopic (exact) mass is 146 g/mol. The molecule has 0 aliphatic rings. The molecule has 0 aliphatic carbocycles. The highest BCUT2D eigenvalue weighted by atomic mass is 28.2. The van der Waals surface area contributed by atoms with Gasteiger partial charge in [-0.05, 0) is 12.3 Å². The lowest BCUT2D eigenvalue weighted by molar-refractivity contribution is 0.270. The third-order valence-electron chi connectivity index (χ3n) is 1.50. The predicted octanol–water partition coefficient (Wildman–Crippen LogP) is 1.11. The van der Waals surface area contributed by atoms with Gasteiger partial charge in [-0.15, -0.1) is 0 Å². The summed E-state index contributed by atoms with van der Waals surface area (Å²) in [4.78, 5) is 0. The maximum absolute atomic E-state index is 5.14. The Labute approximate surface area is 61.3 Å². The van der Waals surface area contributed by atoms with E-state index < -0.39 is 0 Å². The third-order valence-corrected chi connectivity index (χ3v) is 1.83. The van der Waals surface area contributed by atoms with Gasteiger partial charge < -0.3 is 4.43 Å². The first kappa shape index (κ1) is 9.18. The fourth-order valence-corrected chi connectivity index (χ4v) is 1.49. The summed E-state index contributed by atoms with van der Waals surface area (Å²) in [5.74, 6) is 0.780. The highest BCUT2D eigenvalue weighted by Crippen LogP contribution is 2.06. The van der Waals surface area contributed by atoms with Crippen LogP contribution in [0.3, 0.4) is 0 Å². The highest BCUT2D eigenvalue weighted by Gasteiger charge is 1.97. The molecule has 1 nitrogen and oxygen atoms in total. The first-order valence-electron chi connectivity index (χ1n) is 3.80. The van der Waals surface area contributed by atoms with E-state index in [0.717, 1.165) is 23.0 Å². The average molecular weight is 146 g/mol. The topological polar surface area (TPSA) is 9.23 Å². The lowest BCUT2D eigenvalue weighted by atomic mass is 10.1. The molecule has 0 amide bonds. The van der Waals surface area contributed by atoms with Gasteiger partial charge in [-0.3, -0.25) is 0 Å². The Hall–Kier alpha value is 0.177. The predicted molar refractivity (Wildman–Crippen MR) is 44.6 cm³/mol. The molecule has 56 valence electrons. The summed E-state index contributed by atoms with van der Waals surface area (Å²) in [6, 6.07) is 0. The number of rotatable bonds is 5. The minimum Gasteiger partial charge on any atom is -0.428 e. The average Bonchev–Trinajstić information content (AvgIpc) is 1.85. The molecule has 0 aromatic rings. The van der Waals surface area contributed by atoms with Crippen molar-refractivity contribution >= 4 is 10.5 Å². The van der Waals surface area contributed by atoms with E-state index in [1.807, 2.05) is 0 Å². The van der Waals surface area contributed by atoms with Crippen molar-refractivity contribution in [3.63, 3.8) is 0 Å². The lowest BCUT2D eigenvalue weighted by Crippen LogP contribution is -2.03. The normalized spacial score (nSPS) is 14.0. The molecular formula is C7H18OSi. The van der Waals surface area contributed by atoms with Crippen LogP contribution in [0.5, 0.6) is 0 Å². The van der Waals surface area contributed by atoms with Crippen LogP contribution in [0.15, 0.2) is 0 Å². The summed E-state index contributed by atoms with van der Waals surface area (Å²) in [7, 11) is 0.896. The molecule has 0 bridgehead atoms. The van der Waals surface area contributed by atoms with Crippen molar-refractivity contribution in [3.05, 3.63) is 0 Å². The Bertz CT molecular complexity index is 56.9. The molecule has 0 saturated carbocycles. The quantitative estimate of drug-likeness (QED) is 0.528. The first-order chi connectivity index (χ1) is 4.31. The summed E-state index contributed by atoms with van der Waals surface area (Å²) in [6.07, 6.45) is 4.00. The Kier molecular flexibility index (Phi) is 6.42. The van der Waals surface area contributed by atoms with Gasteiger partial charge in [0.25, 0.3) is 0 Å². The molecule has 0 rings (SSSR count). The van der Waals surface area contributed by atoms with Crippen molar-refractivity contribution in [2.75, 3.05) is 6.61 Å². The molecule has 0 aliphatic heterocycles. The largest absolute Gasteiger partial charge is 0.428 e. The van der Waals surface area contributed by atoms with Gasteiger partial charge in [0.15, 0.2) is 0 Å². The molecule has 0 heterocycles. The maximum atomic E-state index is 5.14. The minimum atomic E-state index is 0.780. The molecule has 9 heavy (non-hydrogen) atoms. The third kappa shape index (κ3) is 6.06. The summed E-state index contributed by atoms with van der Waals surface area (Å²) in [5.41, 5.74) is 0. The highest BCUT2D eigenvalue weighted by molar-refractivity contribution is 5.97. The Morgan fingerprint density at radius 1 is 1.56 bits per heavy atom. The second-order valence-corrected chi connectivity index (χ2v) is 3.28. The van der Waals surface area contributed by atoms with Crippen molar-refractivity contribution in [2.24, 2.45) is 5.92 Å². The molecule has 2 heteroatoms. The van der Waals surface area contributed by atoms with Crippen molar-refractivity contribution in [2.45, 2.75) is 33.1 Å². The second kappa shape index (κ2) is 6.30. The van der Waals surface area contributed by atoms with Crippen molar-refractivity contribution in [1.29, 1.82) is 0 Å². The molecule has 0 fully saturated rings. The van der Waals surface area contributed by atoms with Gasteiger partial charge in [-0.1, -0.05) is 26.7 Å². The summed E-state index contributed by atoms with van der Waals surface area (Å²) in [6.45, 7) is 5.47. The van der Waals surface area contributed by atoms with Crippen LogP contribution >= 0.6 is 0 Å². The number of hydrogen-bond donors (Lipinski definition) is 0. The molecule has 1 atom stereocenters. The van der Waals surface area contributed by atoms with Gasteiger partial charge in [0.2, 0.25) is 0 Å². The van der Waals surface area contributed by atoms with Gasteiger partial charge in [-0.2, -0.15) is 0 Å². The maximum Gasteiger partial charge on any atom is 0.145 e. The van der Waals surface area contributed by atoms with Crippen molar-refractivity contribution < 1.29 is 4.43 Å². The van der Waals surface area contributed by atoms with E-state index in [4.69, 9.17) is 4.43 Å². The van der Waals surface area contributed by atoms with Crippen LogP contribution in [-0.4, -0.2) is 17.1 Å². The Morgan fingerprint density at radius 2 is 2.22 bits per heavy atom. The SMILES string of the molecule is CCCCC(C)CO[SiH3]. The summed E-state index contributed by atoms with van der Waals surface area (Å²) >= 11 is 0. The standard InChI is InChI=1S/C7H18OSi/c1-3-4-5-7(2)6-8-9/h7H,3-6H2,1-2,9H3. The van der Waals surface area contributed by atoms with E-state index in [-0.39, 0.29) is 0 Å². The van der Waals surface area contributed by atoms with Crippen LogP contribution in [0, 0.1) is 5.92 Å². The van der Waals surface area contributed by atoms with Crippen LogP contribution in [0.4, 0.5) is 0 Å². The zero-order valence-corrected chi connectivity index (χ0v) is 8.81. The van der Waals surface area contributed by atoms with Crippen LogP contribution in [0.2, 0.25) is 0 Å². The number of hydrogen-bond acceptors (Lipinski definition) is 1. The van der Waals surface area contributed by atoms with Gasteiger partial charge in [-0.25, -0.2) is 0 Å². The zero-order valence-electron chi connectivity index (χ0n) is 6.81. The van der Waals surface area contributed by atoms with E-state index >= 15 is 0 Å². The van der Waals surface area contributed by atoms with E-state index in [1.165, 1.54) is 19.3 Å². The number of unbranched alkanes of at least 4 members (excludes halogenated alkanes) is 1.